The van der Waals surface area contributed by atoms with Crippen LogP contribution in [0.1, 0.15) is 27.8 Å². The summed E-state index contributed by atoms with van der Waals surface area (Å²) in [7, 11) is 0. The van der Waals surface area contributed by atoms with E-state index in [1.807, 2.05) is 24.3 Å². The topological polar surface area (TPSA) is 59.4 Å². The lowest BCUT2D eigenvalue weighted by Gasteiger charge is -2.21. The smallest absolute Gasteiger partial charge is 0.164 e. The fourth-order valence-electron chi connectivity index (χ4n) is 12.2. The van der Waals surface area contributed by atoms with Gasteiger partial charge in [0.2, 0.25) is 0 Å². The van der Waals surface area contributed by atoms with Gasteiger partial charge in [-0.15, -0.1) is 0 Å². The highest BCUT2D eigenvalue weighted by atomic mass is 15.0. The van der Waals surface area contributed by atoms with Gasteiger partial charge in [0.05, 0.1) is 62.0 Å². The van der Waals surface area contributed by atoms with Crippen LogP contribution in [0.25, 0.3) is 133 Å². The summed E-state index contributed by atoms with van der Waals surface area (Å²) in [5.41, 5.74) is 24.5. The Morgan fingerprint density at radius 3 is 0.912 bits per heavy atom. The van der Waals surface area contributed by atoms with Gasteiger partial charge in [-0.05, 0) is 161 Å². The SMILES string of the molecule is Cc1ccccc1-c1ccc2c(c1)c1cc(-c3ccccc3C)ccc1n2-c1cc(C#N)cc(-n2c3ccc(-c4ccccc4C)cc3c3cc(-c4ccccc4C)ccc32)c1-c1nc(-c2ccccc2)cc(-c2ccccc2)n1. The van der Waals surface area contributed by atoms with Crippen LogP contribution in [0.3, 0.4) is 0 Å². The Bertz CT molecular complexity index is 4320. The summed E-state index contributed by atoms with van der Waals surface area (Å²) in [4.78, 5) is 11.3. The molecule has 0 bridgehead atoms. The van der Waals surface area contributed by atoms with Gasteiger partial charge in [0, 0.05) is 32.7 Å². The van der Waals surface area contributed by atoms with Crippen molar-refractivity contribution in [3.05, 3.63) is 277 Å². The van der Waals surface area contributed by atoms with Crippen molar-refractivity contribution in [3.63, 3.8) is 0 Å². The van der Waals surface area contributed by atoms with Crippen molar-refractivity contribution < 1.29 is 0 Å². The summed E-state index contributed by atoms with van der Waals surface area (Å²) in [6.45, 7) is 8.70. The Balaban J connectivity index is 1.14. The largest absolute Gasteiger partial charge is 0.308 e. The van der Waals surface area contributed by atoms with E-state index in [9.17, 15) is 5.26 Å². The summed E-state index contributed by atoms with van der Waals surface area (Å²) in [5, 5.41) is 15.8. The first-order chi connectivity index (χ1) is 39.3. The van der Waals surface area contributed by atoms with E-state index in [0.29, 0.717) is 11.4 Å². The lowest BCUT2D eigenvalue weighted by atomic mass is 9.97. The maximum Gasteiger partial charge on any atom is 0.164 e. The van der Waals surface area contributed by atoms with Gasteiger partial charge in [0.25, 0.3) is 0 Å². The molecule has 0 amide bonds. The van der Waals surface area contributed by atoms with Crippen LogP contribution in [0.5, 0.6) is 0 Å². The van der Waals surface area contributed by atoms with E-state index in [4.69, 9.17) is 9.97 Å². The number of benzene rings is 11. The van der Waals surface area contributed by atoms with Crippen molar-refractivity contribution in [2.75, 3.05) is 0 Å². The van der Waals surface area contributed by atoms with Gasteiger partial charge in [-0.25, -0.2) is 9.97 Å². The van der Waals surface area contributed by atoms with E-state index in [-0.39, 0.29) is 0 Å². The minimum atomic E-state index is 0.507. The van der Waals surface area contributed by atoms with E-state index in [2.05, 4.69) is 267 Å². The van der Waals surface area contributed by atoms with Crippen LogP contribution in [0.15, 0.2) is 249 Å². The van der Waals surface area contributed by atoms with Gasteiger partial charge >= 0.3 is 0 Å². The van der Waals surface area contributed by atoms with Crippen LogP contribution in [-0.2, 0) is 0 Å². The molecule has 0 unspecified atom stereocenters. The van der Waals surface area contributed by atoms with E-state index in [1.54, 1.807) is 0 Å². The summed E-state index contributed by atoms with van der Waals surface area (Å²) >= 11 is 0. The highest BCUT2D eigenvalue weighted by Gasteiger charge is 2.27. The summed E-state index contributed by atoms with van der Waals surface area (Å²) in [6.07, 6.45) is 0. The Labute approximate surface area is 465 Å². The molecule has 11 aromatic carbocycles. The van der Waals surface area contributed by atoms with Gasteiger partial charge in [-0.2, -0.15) is 5.26 Å². The number of nitrogens with zero attached hydrogens (tertiary/aromatic N) is 5. The molecule has 378 valence electrons. The van der Waals surface area contributed by atoms with E-state index >= 15 is 0 Å². The quantitative estimate of drug-likeness (QED) is 0.145. The third-order valence-corrected chi connectivity index (χ3v) is 16.2. The molecule has 3 heterocycles. The monoisotopic (exact) mass is 1020 g/mol. The molecule has 0 aliphatic rings. The van der Waals surface area contributed by atoms with E-state index in [0.717, 1.165) is 105 Å². The summed E-state index contributed by atoms with van der Waals surface area (Å²) in [5.74, 6) is 0.533. The van der Waals surface area contributed by atoms with Crippen molar-refractivity contribution in [1.29, 1.82) is 5.26 Å². The standard InChI is InChI=1S/C75H53N5/c1-47-19-11-15-27-58(47)54-31-35-68-62(41-54)63-42-55(59-28-16-12-20-48(59)2)32-36-69(63)79(68)72-39-51(46-76)40-73(74(72)75-77-66(52-23-7-5-8-24-52)45-67(78-75)53-25-9-6-10-26-53)80-70-37-33-56(60-29-17-13-21-49(60)3)43-64(70)65-44-57(34-38-71(65)80)61-30-18-14-22-50(61)4/h5-45H,1-4H3. The minimum Gasteiger partial charge on any atom is -0.308 e. The zero-order valence-corrected chi connectivity index (χ0v) is 44.9. The molecular formula is C75H53N5. The average Bonchev–Trinajstić information content (AvgIpc) is 3.83. The molecule has 0 N–H and O–H groups in total. The first-order valence-electron chi connectivity index (χ1n) is 27.3. The Hall–Kier alpha value is -10.4. The fourth-order valence-corrected chi connectivity index (χ4v) is 12.2. The number of hydrogen-bond donors (Lipinski definition) is 0. The number of aromatic nitrogens is 4. The van der Waals surface area contributed by atoms with Crippen molar-refractivity contribution >= 4 is 43.6 Å². The maximum absolute atomic E-state index is 11.4. The normalized spacial score (nSPS) is 11.5. The lowest BCUT2D eigenvalue weighted by molar-refractivity contribution is 1.10. The molecule has 80 heavy (non-hydrogen) atoms. The molecule has 0 spiro atoms. The fraction of sp³-hybridized carbons (Fsp3) is 0.0533. The Morgan fingerprint density at radius 2 is 0.613 bits per heavy atom. The summed E-state index contributed by atoms with van der Waals surface area (Å²) in [6, 6.07) is 91.3. The predicted molar refractivity (Wildman–Crippen MR) is 332 cm³/mol. The van der Waals surface area contributed by atoms with Crippen molar-refractivity contribution in [3.8, 4) is 95.9 Å². The molecule has 0 saturated heterocycles. The molecule has 0 saturated carbocycles. The van der Waals surface area contributed by atoms with Crippen LogP contribution in [0.4, 0.5) is 0 Å². The molecule has 3 aromatic heterocycles. The molecule has 0 aliphatic heterocycles. The van der Waals surface area contributed by atoms with Crippen LogP contribution in [-0.4, -0.2) is 19.1 Å². The number of aryl methyl sites for hydroxylation is 4. The Kier molecular flexibility index (Phi) is 11.7. The second-order valence-corrected chi connectivity index (χ2v) is 21.1. The second kappa shape index (κ2) is 19.6. The van der Waals surface area contributed by atoms with E-state index < -0.39 is 0 Å². The van der Waals surface area contributed by atoms with Crippen LogP contribution in [0, 0.1) is 39.0 Å². The third-order valence-electron chi connectivity index (χ3n) is 16.2. The van der Waals surface area contributed by atoms with Crippen LogP contribution < -0.4 is 0 Å². The predicted octanol–water partition coefficient (Wildman–Crippen LogP) is 19.4. The molecule has 0 aliphatic carbocycles. The number of hydrogen-bond acceptors (Lipinski definition) is 3. The molecule has 0 atom stereocenters. The number of fused-ring (bicyclic) bond motifs is 6. The van der Waals surface area contributed by atoms with Crippen LogP contribution in [0.2, 0.25) is 0 Å². The van der Waals surface area contributed by atoms with Gasteiger partial charge in [-0.3, -0.25) is 0 Å². The lowest BCUT2D eigenvalue weighted by Crippen LogP contribution is -2.08. The molecular weight excluding hydrogens is 971 g/mol. The van der Waals surface area contributed by atoms with Gasteiger partial charge in [0.15, 0.2) is 5.82 Å². The molecule has 5 nitrogen and oxygen atoms in total. The molecule has 0 fully saturated rings. The van der Waals surface area contributed by atoms with Crippen molar-refractivity contribution in [1.82, 2.24) is 19.1 Å². The van der Waals surface area contributed by atoms with Gasteiger partial charge in [0.1, 0.15) is 0 Å². The highest BCUT2D eigenvalue weighted by Crippen LogP contribution is 2.46. The first-order valence-corrected chi connectivity index (χ1v) is 27.3. The minimum absolute atomic E-state index is 0.507. The number of nitriles is 1. The number of rotatable bonds is 9. The zero-order chi connectivity index (χ0) is 54.0. The van der Waals surface area contributed by atoms with Crippen LogP contribution >= 0.6 is 0 Å². The van der Waals surface area contributed by atoms with Crippen molar-refractivity contribution in [2.24, 2.45) is 0 Å². The Morgan fingerprint density at radius 1 is 0.312 bits per heavy atom. The summed E-state index contributed by atoms with van der Waals surface area (Å²) < 4.78 is 4.71. The first kappa shape index (κ1) is 48.0. The highest BCUT2D eigenvalue weighted by molar-refractivity contribution is 6.14. The zero-order valence-electron chi connectivity index (χ0n) is 44.9. The third kappa shape index (κ3) is 8.16. The molecule has 0 radical (unpaired) electrons. The average molecular weight is 1020 g/mol. The maximum atomic E-state index is 11.4. The van der Waals surface area contributed by atoms with Crippen molar-refractivity contribution in [2.45, 2.75) is 27.7 Å². The van der Waals surface area contributed by atoms with E-state index in [1.165, 1.54) is 44.5 Å². The van der Waals surface area contributed by atoms with Gasteiger partial charge < -0.3 is 9.13 Å². The van der Waals surface area contributed by atoms with Gasteiger partial charge in [-0.1, -0.05) is 182 Å². The second-order valence-electron chi connectivity index (χ2n) is 21.1. The molecule has 14 rings (SSSR count). The molecule has 14 aromatic rings. The molecule has 5 heteroatoms.